The lowest BCUT2D eigenvalue weighted by Crippen LogP contribution is -2.22. The average molecular weight is 348 g/mol. The van der Waals surface area contributed by atoms with Crippen LogP contribution < -0.4 is 4.74 Å². The van der Waals surface area contributed by atoms with E-state index in [1.54, 1.807) is 24.3 Å². The normalized spacial score (nSPS) is 9.57. The molecule has 0 spiro atoms. The summed E-state index contributed by atoms with van der Waals surface area (Å²) in [4.78, 5) is 31.4. The van der Waals surface area contributed by atoms with E-state index in [4.69, 9.17) is 40.9 Å². The fourth-order valence-electron chi connectivity index (χ4n) is 1.08. The number of benzene rings is 1. The number of nitrogens with zero attached hydrogens (tertiary/aromatic N) is 1. The molecule has 0 saturated carbocycles. The largest absolute Gasteiger partial charge is 0.480 e. The number of carbonyl (C=O) groups excluding carboxylic acids is 1. The van der Waals surface area contributed by atoms with Crippen molar-refractivity contribution in [1.29, 1.82) is 0 Å². The Morgan fingerprint density at radius 1 is 1.13 bits per heavy atom. The fraction of sp³-hybridized carbons (Fsp3) is 0.357. The van der Waals surface area contributed by atoms with Crippen LogP contribution in [0.5, 0.6) is 5.75 Å². The summed E-state index contributed by atoms with van der Waals surface area (Å²) in [6.45, 7) is 0.923. The molecule has 1 aromatic carbocycles. The molecule has 0 aliphatic rings. The fourth-order valence-corrected chi connectivity index (χ4v) is 1.27. The van der Waals surface area contributed by atoms with E-state index >= 15 is 0 Å². The number of halogens is 1. The van der Waals surface area contributed by atoms with Gasteiger partial charge in [0.25, 0.3) is 0 Å². The van der Waals surface area contributed by atoms with Gasteiger partial charge in [0.1, 0.15) is 12.4 Å². The minimum absolute atomic E-state index is 0.128. The molecule has 0 aromatic heterocycles. The molecule has 0 saturated heterocycles. The van der Waals surface area contributed by atoms with Crippen LogP contribution >= 0.6 is 11.6 Å². The van der Waals surface area contributed by atoms with Gasteiger partial charge in [0.2, 0.25) is 0 Å². The summed E-state index contributed by atoms with van der Waals surface area (Å²) in [5, 5.41) is 15.3. The highest BCUT2D eigenvalue weighted by atomic mass is 35.5. The Hall–Kier alpha value is -2.32. The number of likely N-dealkylation sites (N-methyl/N-ethyl adjacent to an activating group) is 1. The van der Waals surface area contributed by atoms with Gasteiger partial charge in [-0.2, -0.15) is 0 Å². The number of para-hydroxylation sites is 1. The molecular formula is C14H18ClNO7. The van der Waals surface area contributed by atoms with Crippen molar-refractivity contribution in [3.05, 3.63) is 29.3 Å². The number of rotatable bonds is 6. The monoisotopic (exact) mass is 347 g/mol. The SMILES string of the molecule is CN(C)CCOC(=O)COc1ccccc1Cl.O=C(O)C(=O)O. The first-order valence-corrected chi connectivity index (χ1v) is 6.75. The maximum atomic E-state index is 11.3. The molecule has 0 fully saturated rings. The molecule has 23 heavy (non-hydrogen) atoms. The zero-order chi connectivity index (χ0) is 17.8. The summed E-state index contributed by atoms with van der Waals surface area (Å²) in [6.07, 6.45) is 0. The molecule has 0 unspecified atom stereocenters. The first-order valence-electron chi connectivity index (χ1n) is 6.38. The van der Waals surface area contributed by atoms with E-state index < -0.39 is 17.9 Å². The van der Waals surface area contributed by atoms with Crippen molar-refractivity contribution < 1.29 is 34.1 Å². The summed E-state index contributed by atoms with van der Waals surface area (Å²) in [5.41, 5.74) is 0. The van der Waals surface area contributed by atoms with Crippen molar-refractivity contribution in [2.45, 2.75) is 0 Å². The number of carboxylic acid groups (broad SMARTS) is 2. The second kappa shape index (κ2) is 11.3. The van der Waals surface area contributed by atoms with Crippen molar-refractivity contribution in [1.82, 2.24) is 4.90 Å². The highest BCUT2D eigenvalue weighted by molar-refractivity contribution is 6.32. The molecule has 128 valence electrons. The third kappa shape index (κ3) is 11.0. The maximum absolute atomic E-state index is 11.3. The van der Waals surface area contributed by atoms with Crippen molar-refractivity contribution in [2.75, 3.05) is 33.9 Å². The molecule has 0 bridgehead atoms. The van der Waals surface area contributed by atoms with Crippen LogP contribution in [0.4, 0.5) is 0 Å². The number of esters is 1. The van der Waals surface area contributed by atoms with Gasteiger partial charge in [-0.05, 0) is 26.2 Å². The molecule has 0 aliphatic carbocycles. The summed E-state index contributed by atoms with van der Waals surface area (Å²) in [5.74, 6) is -3.56. The molecular weight excluding hydrogens is 330 g/mol. The molecule has 2 N–H and O–H groups in total. The molecule has 1 rings (SSSR count). The third-order valence-corrected chi connectivity index (χ3v) is 2.48. The van der Waals surface area contributed by atoms with Gasteiger partial charge in [0.05, 0.1) is 5.02 Å². The highest BCUT2D eigenvalue weighted by Crippen LogP contribution is 2.22. The van der Waals surface area contributed by atoms with Crippen molar-refractivity contribution >= 4 is 29.5 Å². The van der Waals surface area contributed by atoms with E-state index in [1.165, 1.54) is 0 Å². The quantitative estimate of drug-likeness (QED) is 0.578. The number of aliphatic carboxylic acids is 2. The maximum Gasteiger partial charge on any atom is 0.414 e. The molecule has 0 radical (unpaired) electrons. The summed E-state index contributed by atoms with van der Waals surface area (Å²) >= 11 is 5.87. The number of hydrogen-bond donors (Lipinski definition) is 2. The second-order valence-electron chi connectivity index (χ2n) is 4.35. The molecule has 1 aromatic rings. The van der Waals surface area contributed by atoms with E-state index in [0.29, 0.717) is 23.9 Å². The van der Waals surface area contributed by atoms with Gasteiger partial charge in [0, 0.05) is 6.54 Å². The first-order chi connectivity index (χ1) is 10.7. The van der Waals surface area contributed by atoms with E-state index in [2.05, 4.69) is 0 Å². The Kier molecular flexibility index (Phi) is 10.1. The first kappa shape index (κ1) is 20.7. The van der Waals surface area contributed by atoms with Gasteiger partial charge in [-0.25, -0.2) is 14.4 Å². The second-order valence-corrected chi connectivity index (χ2v) is 4.76. The standard InChI is InChI=1S/C12H16ClNO3.C2H2O4/c1-14(2)7-8-16-12(15)9-17-11-6-4-3-5-10(11)13;3-1(4)2(5)6/h3-6H,7-9H2,1-2H3;(H,3,4)(H,5,6). The average Bonchev–Trinajstić information content (AvgIpc) is 2.46. The Labute approximate surface area is 138 Å². The smallest absolute Gasteiger partial charge is 0.414 e. The zero-order valence-electron chi connectivity index (χ0n) is 12.7. The molecule has 0 aliphatic heterocycles. The van der Waals surface area contributed by atoms with Crippen LogP contribution in [0.3, 0.4) is 0 Å². The van der Waals surface area contributed by atoms with Crippen molar-refractivity contribution in [3.63, 3.8) is 0 Å². The summed E-state index contributed by atoms with van der Waals surface area (Å²) in [7, 11) is 3.82. The Balaban J connectivity index is 0.000000688. The van der Waals surface area contributed by atoms with Gasteiger partial charge in [-0.3, -0.25) is 0 Å². The summed E-state index contributed by atoms with van der Waals surface area (Å²) < 4.78 is 10.2. The van der Waals surface area contributed by atoms with Gasteiger partial charge in [-0.15, -0.1) is 0 Å². The predicted molar refractivity (Wildman–Crippen MR) is 81.7 cm³/mol. The van der Waals surface area contributed by atoms with Crippen molar-refractivity contribution in [2.24, 2.45) is 0 Å². The summed E-state index contributed by atoms with van der Waals surface area (Å²) in [6, 6.07) is 6.99. The van der Waals surface area contributed by atoms with E-state index in [9.17, 15) is 4.79 Å². The van der Waals surface area contributed by atoms with E-state index in [-0.39, 0.29) is 6.61 Å². The number of carbonyl (C=O) groups is 3. The molecule has 8 nitrogen and oxygen atoms in total. The minimum Gasteiger partial charge on any atom is -0.480 e. The Morgan fingerprint density at radius 3 is 2.17 bits per heavy atom. The van der Waals surface area contributed by atoms with Gasteiger partial charge < -0.3 is 24.6 Å². The lowest BCUT2D eigenvalue weighted by molar-refractivity contribution is -0.159. The number of carboxylic acids is 2. The zero-order valence-corrected chi connectivity index (χ0v) is 13.4. The van der Waals surface area contributed by atoms with Crippen molar-refractivity contribution in [3.8, 4) is 5.75 Å². The van der Waals surface area contributed by atoms with Crippen LogP contribution in [0.2, 0.25) is 5.02 Å². The lowest BCUT2D eigenvalue weighted by Gasteiger charge is -2.10. The Morgan fingerprint density at radius 2 is 1.70 bits per heavy atom. The molecule has 0 amide bonds. The van der Waals surface area contributed by atoms with Gasteiger partial charge in [-0.1, -0.05) is 23.7 Å². The van der Waals surface area contributed by atoms with Crippen LogP contribution in [0.25, 0.3) is 0 Å². The Bertz CT molecular complexity index is 522. The van der Waals surface area contributed by atoms with E-state index in [1.807, 2.05) is 19.0 Å². The van der Waals surface area contributed by atoms with E-state index in [0.717, 1.165) is 0 Å². The minimum atomic E-state index is -1.82. The predicted octanol–water partition coefficient (Wildman–Crippen LogP) is 0.979. The number of hydrogen-bond acceptors (Lipinski definition) is 6. The third-order valence-electron chi connectivity index (χ3n) is 2.17. The van der Waals surface area contributed by atoms with Gasteiger partial charge in [0.15, 0.2) is 6.61 Å². The van der Waals surface area contributed by atoms with Crippen LogP contribution in [0.15, 0.2) is 24.3 Å². The van der Waals surface area contributed by atoms with Crippen LogP contribution in [-0.2, 0) is 19.1 Å². The van der Waals surface area contributed by atoms with Gasteiger partial charge >= 0.3 is 17.9 Å². The highest BCUT2D eigenvalue weighted by Gasteiger charge is 2.06. The van der Waals surface area contributed by atoms with Crippen LogP contribution in [-0.4, -0.2) is 66.9 Å². The van der Waals surface area contributed by atoms with Crippen LogP contribution in [0.1, 0.15) is 0 Å². The topological polar surface area (TPSA) is 113 Å². The van der Waals surface area contributed by atoms with Crippen LogP contribution in [0, 0.1) is 0 Å². The molecule has 0 atom stereocenters. The molecule has 9 heteroatoms. The number of ether oxygens (including phenoxy) is 2. The lowest BCUT2D eigenvalue weighted by atomic mass is 10.3. The molecule has 0 heterocycles.